The lowest BCUT2D eigenvalue weighted by atomic mass is 9.95. The molecule has 7 nitrogen and oxygen atoms in total. The summed E-state index contributed by atoms with van der Waals surface area (Å²) in [5, 5.41) is 23.0. The van der Waals surface area contributed by atoms with Crippen LogP contribution in [0, 0.1) is 0 Å². The zero-order valence-electron chi connectivity index (χ0n) is 10.8. The monoisotopic (exact) mass is 260 g/mol. The summed E-state index contributed by atoms with van der Waals surface area (Å²) >= 11 is 0. The number of carboxylic acids is 1. The number of aliphatic carboxylic acids is 1. The van der Waals surface area contributed by atoms with Crippen molar-refractivity contribution in [2.45, 2.75) is 51.0 Å². The molecule has 4 unspecified atom stereocenters. The fourth-order valence-electron chi connectivity index (χ4n) is 1.82. The van der Waals surface area contributed by atoms with Gasteiger partial charge in [0.15, 0.2) is 6.04 Å². The predicted octanol–water partition coefficient (Wildman–Crippen LogP) is -0.313. The Labute approximate surface area is 106 Å². The summed E-state index contributed by atoms with van der Waals surface area (Å²) in [7, 11) is 0. The van der Waals surface area contributed by atoms with Crippen LogP contribution in [-0.2, 0) is 9.53 Å². The summed E-state index contributed by atoms with van der Waals surface area (Å²) in [6.45, 7) is 5.54. The van der Waals surface area contributed by atoms with Crippen LogP contribution in [0.25, 0.3) is 0 Å². The molecule has 0 saturated carbocycles. The highest BCUT2D eigenvalue weighted by Gasteiger charge is 2.39. The Bertz CT molecular complexity index is 333. The smallest absolute Gasteiger partial charge is 0.328 e. The third-order valence-electron chi connectivity index (χ3n) is 3.32. The molecule has 4 N–H and O–H groups in total. The maximum Gasteiger partial charge on any atom is 0.328 e. The highest BCUT2D eigenvalue weighted by molar-refractivity contribution is 5.83. The van der Waals surface area contributed by atoms with Crippen LogP contribution in [0.2, 0.25) is 0 Å². The Morgan fingerprint density at radius 1 is 1.50 bits per heavy atom. The van der Waals surface area contributed by atoms with Gasteiger partial charge in [-0.3, -0.25) is 0 Å². The van der Waals surface area contributed by atoms with Gasteiger partial charge in [-0.1, -0.05) is 0 Å². The van der Waals surface area contributed by atoms with E-state index < -0.39 is 29.7 Å². The van der Waals surface area contributed by atoms with Crippen molar-refractivity contribution in [1.82, 2.24) is 10.6 Å². The highest BCUT2D eigenvalue weighted by atomic mass is 16.5. The third kappa shape index (κ3) is 3.33. The van der Waals surface area contributed by atoms with Crippen molar-refractivity contribution in [1.29, 1.82) is 0 Å². The van der Waals surface area contributed by atoms with Crippen LogP contribution in [0.3, 0.4) is 0 Å². The van der Waals surface area contributed by atoms with Gasteiger partial charge >= 0.3 is 12.0 Å². The first kappa shape index (κ1) is 14.7. The summed E-state index contributed by atoms with van der Waals surface area (Å²) in [4.78, 5) is 22.5. The number of aliphatic hydroxyl groups excluding tert-OH is 1. The lowest BCUT2D eigenvalue weighted by molar-refractivity contribution is -0.141. The number of nitrogens with one attached hydrogen (secondary N) is 2. The molecule has 1 aliphatic rings. The average molecular weight is 260 g/mol. The molecule has 18 heavy (non-hydrogen) atoms. The molecular weight excluding hydrogens is 240 g/mol. The maximum atomic E-state index is 11.7. The maximum absolute atomic E-state index is 11.7. The van der Waals surface area contributed by atoms with E-state index in [-0.39, 0.29) is 6.10 Å². The van der Waals surface area contributed by atoms with Gasteiger partial charge in [0.2, 0.25) is 0 Å². The van der Waals surface area contributed by atoms with E-state index in [4.69, 9.17) is 9.84 Å². The van der Waals surface area contributed by atoms with Crippen molar-refractivity contribution in [3.63, 3.8) is 0 Å². The molecule has 0 radical (unpaired) electrons. The van der Waals surface area contributed by atoms with Gasteiger partial charge in [-0.15, -0.1) is 0 Å². The molecule has 1 rings (SSSR count). The fraction of sp³-hybridized carbons (Fsp3) is 0.818. The van der Waals surface area contributed by atoms with E-state index in [0.717, 1.165) is 0 Å². The van der Waals surface area contributed by atoms with E-state index >= 15 is 0 Å². The van der Waals surface area contributed by atoms with Crippen molar-refractivity contribution in [3.05, 3.63) is 0 Å². The number of carbonyl (C=O) groups is 2. The number of amides is 2. The van der Waals surface area contributed by atoms with E-state index in [2.05, 4.69) is 10.6 Å². The van der Waals surface area contributed by atoms with Crippen molar-refractivity contribution >= 4 is 12.0 Å². The number of carboxylic acid groups (broad SMARTS) is 1. The number of hydrogen-bond donors (Lipinski definition) is 4. The van der Waals surface area contributed by atoms with Gasteiger partial charge < -0.3 is 25.6 Å². The van der Waals surface area contributed by atoms with E-state index in [1.54, 1.807) is 0 Å². The number of ether oxygens (including phenoxy) is 1. The Morgan fingerprint density at radius 2 is 2.11 bits per heavy atom. The minimum absolute atomic E-state index is 0.141. The van der Waals surface area contributed by atoms with Crippen molar-refractivity contribution in [2.24, 2.45) is 0 Å². The summed E-state index contributed by atoms with van der Waals surface area (Å²) in [6, 6.07) is -1.95. The van der Waals surface area contributed by atoms with Gasteiger partial charge in [-0.2, -0.15) is 0 Å². The van der Waals surface area contributed by atoms with Crippen molar-refractivity contribution in [2.75, 3.05) is 6.61 Å². The molecule has 104 valence electrons. The molecule has 0 aromatic rings. The van der Waals surface area contributed by atoms with E-state index in [1.807, 2.05) is 13.8 Å². The minimum atomic E-state index is -1.33. The summed E-state index contributed by atoms with van der Waals surface area (Å²) in [5.41, 5.74) is -0.522. The zero-order valence-corrected chi connectivity index (χ0v) is 10.8. The van der Waals surface area contributed by atoms with Gasteiger partial charge in [0, 0.05) is 6.61 Å². The second-order valence-electron chi connectivity index (χ2n) is 4.84. The molecule has 0 spiro atoms. The van der Waals surface area contributed by atoms with Crippen molar-refractivity contribution < 1.29 is 24.5 Å². The molecule has 1 saturated heterocycles. The van der Waals surface area contributed by atoms with Gasteiger partial charge in [-0.05, 0) is 27.2 Å². The minimum Gasteiger partial charge on any atom is -0.480 e. The second kappa shape index (κ2) is 5.53. The van der Waals surface area contributed by atoms with Crippen LogP contribution in [0.5, 0.6) is 0 Å². The summed E-state index contributed by atoms with van der Waals surface area (Å²) < 4.78 is 5.36. The topological polar surface area (TPSA) is 108 Å². The Kier molecular flexibility index (Phi) is 4.53. The Morgan fingerprint density at radius 3 is 2.50 bits per heavy atom. The van der Waals surface area contributed by atoms with Crippen LogP contribution in [-0.4, -0.2) is 52.6 Å². The first-order chi connectivity index (χ1) is 8.26. The van der Waals surface area contributed by atoms with Crippen molar-refractivity contribution in [3.8, 4) is 0 Å². The SMILES string of the molecule is CC(O)C(NC(=O)NC1(C)CCOC1C)C(=O)O. The summed E-state index contributed by atoms with van der Waals surface area (Å²) in [6.07, 6.45) is -0.648. The average Bonchev–Trinajstić information content (AvgIpc) is 2.54. The van der Waals surface area contributed by atoms with Crippen LogP contribution in [0.1, 0.15) is 27.2 Å². The van der Waals surface area contributed by atoms with E-state index in [1.165, 1.54) is 6.92 Å². The number of rotatable bonds is 4. The standard InChI is InChI=1S/C11H20N2O5/c1-6(14)8(9(15)16)12-10(17)13-11(3)4-5-18-7(11)2/h6-8,14H,4-5H2,1-3H3,(H,15,16)(H2,12,13,17). The molecule has 0 bridgehead atoms. The van der Waals surface area contributed by atoms with E-state index in [9.17, 15) is 14.7 Å². The molecule has 0 aromatic carbocycles. The Balaban J connectivity index is 2.58. The third-order valence-corrected chi connectivity index (χ3v) is 3.32. The number of urea groups is 1. The molecule has 2 amide bonds. The van der Waals surface area contributed by atoms with Crippen LogP contribution in [0.15, 0.2) is 0 Å². The zero-order chi connectivity index (χ0) is 13.9. The lowest BCUT2D eigenvalue weighted by Crippen LogP contribution is -2.58. The van der Waals surface area contributed by atoms with Gasteiger partial charge in [0.1, 0.15) is 0 Å². The highest BCUT2D eigenvalue weighted by Crippen LogP contribution is 2.24. The first-order valence-corrected chi connectivity index (χ1v) is 5.87. The van der Waals surface area contributed by atoms with Gasteiger partial charge in [-0.25, -0.2) is 9.59 Å². The Hall–Kier alpha value is -1.34. The molecule has 7 heteroatoms. The van der Waals surface area contributed by atoms with Crippen LogP contribution >= 0.6 is 0 Å². The largest absolute Gasteiger partial charge is 0.480 e. The predicted molar refractivity (Wildman–Crippen MR) is 63.2 cm³/mol. The second-order valence-corrected chi connectivity index (χ2v) is 4.84. The summed E-state index contributed by atoms with van der Waals surface area (Å²) in [5.74, 6) is -1.28. The van der Waals surface area contributed by atoms with E-state index in [0.29, 0.717) is 13.0 Å². The molecule has 1 aliphatic heterocycles. The molecule has 0 aliphatic carbocycles. The number of carbonyl (C=O) groups excluding carboxylic acids is 1. The van der Waals surface area contributed by atoms with Gasteiger partial charge in [0.25, 0.3) is 0 Å². The quantitative estimate of drug-likeness (QED) is 0.554. The molecular formula is C11H20N2O5. The molecule has 4 atom stereocenters. The molecule has 1 heterocycles. The number of aliphatic hydroxyl groups is 1. The first-order valence-electron chi connectivity index (χ1n) is 5.87. The molecule has 1 fully saturated rings. The number of hydrogen-bond acceptors (Lipinski definition) is 4. The van der Waals surface area contributed by atoms with Crippen LogP contribution < -0.4 is 10.6 Å². The lowest BCUT2D eigenvalue weighted by Gasteiger charge is -2.30. The fourth-order valence-corrected chi connectivity index (χ4v) is 1.82. The molecule has 0 aromatic heterocycles. The van der Waals surface area contributed by atoms with Crippen LogP contribution in [0.4, 0.5) is 4.79 Å². The van der Waals surface area contributed by atoms with Gasteiger partial charge in [0.05, 0.1) is 17.7 Å². The normalized spacial score (nSPS) is 30.6.